The third-order valence-corrected chi connectivity index (χ3v) is 4.51. The fourth-order valence-corrected chi connectivity index (χ4v) is 3.07. The molecule has 1 aromatic carbocycles. The molecule has 0 saturated carbocycles. The Morgan fingerprint density at radius 1 is 1.00 bits per heavy atom. The van der Waals surface area contributed by atoms with Crippen molar-refractivity contribution >= 4 is 17.7 Å². The molecular formula is C22H27NO7. The van der Waals surface area contributed by atoms with Crippen molar-refractivity contribution in [3.8, 4) is 11.5 Å². The van der Waals surface area contributed by atoms with E-state index in [0.717, 1.165) is 0 Å². The Morgan fingerprint density at radius 3 is 2.23 bits per heavy atom. The Morgan fingerprint density at radius 2 is 1.63 bits per heavy atom. The van der Waals surface area contributed by atoms with Gasteiger partial charge in [0.25, 0.3) is 0 Å². The number of ketones is 1. The van der Waals surface area contributed by atoms with Gasteiger partial charge in [-0.3, -0.25) is 4.79 Å². The molecule has 0 amide bonds. The van der Waals surface area contributed by atoms with Crippen molar-refractivity contribution in [3.05, 3.63) is 46.3 Å². The molecule has 1 heterocycles. The highest BCUT2D eigenvalue weighted by Crippen LogP contribution is 2.29. The molecule has 0 unspecified atom stereocenters. The average Bonchev–Trinajstić information content (AvgIpc) is 3.02. The molecule has 0 fully saturated rings. The highest BCUT2D eigenvalue weighted by molar-refractivity contribution is 6.04. The third kappa shape index (κ3) is 4.82. The summed E-state index contributed by atoms with van der Waals surface area (Å²) in [5, 5.41) is 0. The molecule has 8 nitrogen and oxygen atoms in total. The monoisotopic (exact) mass is 417 g/mol. The number of carbonyl (C=O) groups is 3. The van der Waals surface area contributed by atoms with E-state index in [1.807, 2.05) is 13.8 Å². The van der Waals surface area contributed by atoms with Gasteiger partial charge in [0.05, 0.1) is 37.1 Å². The molecule has 0 radical (unpaired) electrons. The molecule has 1 atom stereocenters. The summed E-state index contributed by atoms with van der Waals surface area (Å²) in [5.41, 5.74) is 1.69. The quantitative estimate of drug-likeness (QED) is 0.491. The molecule has 0 aliphatic rings. The van der Waals surface area contributed by atoms with Gasteiger partial charge in [-0.25, -0.2) is 9.59 Å². The van der Waals surface area contributed by atoms with E-state index in [-0.39, 0.29) is 11.3 Å². The van der Waals surface area contributed by atoms with Crippen LogP contribution < -0.4 is 9.47 Å². The SMILES string of the molecule is CCOc1ccc(C(=O)O[C@@H](C)C(=O)c2[nH]c(C)c(C(=O)OC)c2C)cc1OCC. The molecule has 162 valence electrons. The van der Waals surface area contributed by atoms with Crippen LogP contribution in [-0.2, 0) is 9.47 Å². The van der Waals surface area contributed by atoms with E-state index < -0.39 is 23.8 Å². The van der Waals surface area contributed by atoms with E-state index in [4.69, 9.17) is 18.9 Å². The topological polar surface area (TPSA) is 104 Å². The Labute approximate surface area is 175 Å². The van der Waals surface area contributed by atoms with Gasteiger partial charge < -0.3 is 23.9 Å². The summed E-state index contributed by atoms with van der Waals surface area (Å²) in [4.78, 5) is 40.2. The Hall–Kier alpha value is -3.29. The number of nitrogens with one attached hydrogen (secondary N) is 1. The lowest BCUT2D eigenvalue weighted by Gasteiger charge is -2.14. The number of ether oxygens (including phenoxy) is 4. The number of H-pyrrole nitrogens is 1. The average molecular weight is 417 g/mol. The maximum atomic E-state index is 12.8. The van der Waals surface area contributed by atoms with Crippen molar-refractivity contribution in [3.63, 3.8) is 0 Å². The smallest absolute Gasteiger partial charge is 0.339 e. The lowest BCUT2D eigenvalue weighted by molar-refractivity contribution is 0.0316. The van der Waals surface area contributed by atoms with E-state index in [9.17, 15) is 14.4 Å². The lowest BCUT2D eigenvalue weighted by Crippen LogP contribution is -2.25. The third-order valence-electron chi connectivity index (χ3n) is 4.51. The summed E-state index contributed by atoms with van der Waals surface area (Å²) in [6.45, 7) is 9.32. The minimum Gasteiger partial charge on any atom is -0.490 e. The Kier molecular flexibility index (Phi) is 7.63. The number of rotatable bonds is 9. The predicted octanol–water partition coefficient (Wildman–Crippen LogP) is 3.64. The highest BCUT2D eigenvalue weighted by atomic mass is 16.5. The number of methoxy groups -OCH3 is 1. The molecule has 30 heavy (non-hydrogen) atoms. The van der Waals surface area contributed by atoms with Crippen LogP contribution in [0, 0.1) is 13.8 Å². The first kappa shape index (κ1) is 23.0. The standard InChI is InChI=1S/C22H27NO7/c1-7-28-16-10-9-15(11-17(16)29-8-2)21(25)30-14(5)20(24)19-12(3)18(13(4)23-19)22(26)27-6/h9-11,14,23H,7-8H2,1-6H3/t14-/m0/s1. The van der Waals surface area contributed by atoms with Gasteiger partial charge in [-0.2, -0.15) is 0 Å². The molecule has 0 aliphatic heterocycles. The van der Waals surface area contributed by atoms with Crippen molar-refractivity contribution < 1.29 is 33.3 Å². The maximum absolute atomic E-state index is 12.8. The first-order chi connectivity index (χ1) is 14.2. The second-order valence-corrected chi connectivity index (χ2v) is 6.56. The molecule has 1 aromatic heterocycles. The van der Waals surface area contributed by atoms with Crippen molar-refractivity contribution in [2.24, 2.45) is 0 Å². The van der Waals surface area contributed by atoms with Crippen LogP contribution in [0.1, 0.15) is 63.2 Å². The number of carbonyl (C=O) groups excluding carboxylic acids is 3. The lowest BCUT2D eigenvalue weighted by atomic mass is 10.1. The van der Waals surface area contributed by atoms with Crippen LogP contribution in [0.4, 0.5) is 0 Å². The van der Waals surface area contributed by atoms with Crippen LogP contribution in [0.15, 0.2) is 18.2 Å². The first-order valence-corrected chi connectivity index (χ1v) is 9.67. The van der Waals surface area contributed by atoms with Gasteiger partial charge in [0.15, 0.2) is 17.6 Å². The zero-order valence-electron chi connectivity index (χ0n) is 18.1. The molecule has 0 spiro atoms. The number of aromatic amines is 1. The molecular weight excluding hydrogens is 390 g/mol. The largest absolute Gasteiger partial charge is 0.490 e. The summed E-state index contributed by atoms with van der Waals surface area (Å²) < 4.78 is 21.1. The summed E-state index contributed by atoms with van der Waals surface area (Å²) in [6.07, 6.45) is -1.07. The summed E-state index contributed by atoms with van der Waals surface area (Å²) >= 11 is 0. The summed E-state index contributed by atoms with van der Waals surface area (Å²) in [6, 6.07) is 4.69. The molecule has 0 aliphatic carbocycles. The fraction of sp³-hybridized carbons (Fsp3) is 0.409. The molecule has 2 aromatic rings. The molecule has 1 N–H and O–H groups in total. The zero-order chi connectivity index (χ0) is 22.4. The van der Waals surface area contributed by atoms with Crippen molar-refractivity contribution in [1.29, 1.82) is 0 Å². The van der Waals surface area contributed by atoms with Crippen LogP contribution in [-0.4, -0.2) is 49.1 Å². The van der Waals surface area contributed by atoms with Gasteiger partial charge in [0.2, 0.25) is 5.78 Å². The van der Waals surface area contributed by atoms with Gasteiger partial charge in [-0.05, 0) is 58.4 Å². The Balaban J connectivity index is 2.21. The number of benzene rings is 1. The maximum Gasteiger partial charge on any atom is 0.339 e. The van der Waals surface area contributed by atoms with Crippen LogP contribution in [0.3, 0.4) is 0 Å². The van der Waals surface area contributed by atoms with Crippen LogP contribution >= 0.6 is 0 Å². The number of hydrogen-bond acceptors (Lipinski definition) is 7. The van der Waals surface area contributed by atoms with E-state index >= 15 is 0 Å². The van der Waals surface area contributed by atoms with E-state index in [1.165, 1.54) is 20.1 Å². The molecule has 0 saturated heterocycles. The second-order valence-electron chi connectivity index (χ2n) is 6.56. The van der Waals surface area contributed by atoms with Gasteiger partial charge in [-0.1, -0.05) is 0 Å². The van der Waals surface area contributed by atoms with E-state index in [2.05, 4.69) is 4.98 Å². The Bertz CT molecular complexity index is 945. The predicted molar refractivity (Wildman–Crippen MR) is 110 cm³/mol. The second kappa shape index (κ2) is 9.96. The number of aromatic nitrogens is 1. The van der Waals surface area contributed by atoms with E-state index in [1.54, 1.807) is 26.0 Å². The summed E-state index contributed by atoms with van der Waals surface area (Å²) in [7, 11) is 1.27. The highest BCUT2D eigenvalue weighted by Gasteiger charge is 2.28. The van der Waals surface area contributed by atoms with Crippen LogP contribution in [0.25, 0.3) is 0 Å². The number of aryl methyl sites for hydroxylation is 1. The normalized spacial score (nSPS) is 11.5. The number of esters is 2. The minimum atomic E-state index is -1.07. The first-order valence-electron chi connectivity index (χ1n) is 9.67. The number of hydrogen-bond donors (Lipinski definition) is 1. The van der Waals surface area contributed by atoms with Gasteiger partial charge in [0, 0.05) is 5.69 Å². The molecule has 0 bridgehead atoms. The van der Waals surface area contributed by atoms with Crippen molar-refractivity contribution in [1.82, 2.24) is 4.98 Å². The van der Waals surface area contributed by atoms with Crippen molar-refractivity contribution in [2.75, 3.05) is 20.3 Å². The van der Waals surface area contributed by atoms with Gasteiger partial charge in [0.1, 0.15) is 0 Å². The zero-order valence-corrected chi connectivity index (χ0v) is 18.1. The van der Waals surface area contributed by atoms with Crippen molar-refractivity contribution in [2.45, 2.75) is 40.7 Å². The van der Waals surface area contributed by atoms with Crippen LogP contribution in [0.5, 0.6) is 11.5 Å². The molecule has 8 heteroatoms. The summed E-state index contributed by atoms with van der Waals surface area (Å²) in [5.74, 6) is -0.717. The van der Waals surface area contributed by atoms with Gasteiger partial charge in [-0.15, -0.1) is 0 Å². The minimum absolute atomic E-state index is 0.204. The number of Topliss-reactive ketones (excluding diaryl/α,β-unsaturated/α-hetero) is 1. The molecule has 2 rings (SSSR count). The van der Waals surface area contributed by atoms with E-state index in [0.29, 0.717) is 41.5 Å². The fourth-order valence-electron chi connectivity index (χ4n) is 3.07. The van der Waals surface area contributed by atoms with Crippen LogP contribution in [0.2, 0.25) is 0 Å². The van der Waals surface area contributed by atoms with Gasteiger partial charge >= 0.3 is 11.9 Å².